The van der Waals surface area contributed by atoms with Crippen molar-refractivity contribution in [2.45, 2.75) is 12.0 Å². The Bertz CT molecular complexity index is 320. The Morgan fingerprint density at radius 3 is 2.93 bits per heavy atom. The molecule has 14 heavy (non-hydrogen) atoms. The van der Waals surface area contributed by atoms with Gasteiger partial charge in [-0.1, -0.05) is 0 Å². The van der Waals surface area contributed by atoms with Gasteiger partial charge in [0.05, 0.1) is 5.60 Å². The minimum absolute atomic E-state index is 0.180. The minimum Gasteiger partial charge on any atom is -0.375 e. The highest BCUT2D eigenvalue weighted by atomic mass is 19.1. The second kappa shape index (κ2) is 3.63. The summed E-state index contributed by atoms with van der Waals surface area (Å²) in [5.74, 6) is -0.242. The van der Waals surface area contributed by atoms with E-state index in [0.29, 0.717) is 6.42 Å². The number of hydrogen-bond acceptors (Lipinski definition) is 3. The van der Waals surface area contributed by atoms with Gasteiger partial charge in [-0.2, -0.15) is 0 Å². The topological polar surface area (TPSA) is 34.1 Å². The van der Waals surface area contributed by atoms with Crippen LogP contribution in [0, 0.1) is 5.82 Å². The van der Waals surface area contributed by atoms with Crippen molar-refractivity contribution < 1.29 is 9.13 Å². The van der Waals surface area contributed by atoms with Crippen LogP contribution in [-0.2, 0) is 11.2 Å². The molecule has 1 aliphatic heterocycles. The van der Waals surface area contributed by atoms with Crippen molar-refractivity contribution in [1.82, 2.24) is 10.3 Å². The molecule has 1 aromatic heterocycles. The zero-order valence-corrected chi connectivity index (χ0v) is 8.09. The van der Waals surface area contributed by atoms with Crippen LogP contribution in [0.5, 0.6) is 0 Å². The molecule has 0 saturated carbocycles. The van der Waals surface area contributed by atoms with Gasteiger partial charge in [0, 0.05) is 38.5 Å². The molecule has 2 rings (SSSR count). The number of halogens is 1. The standard InChI is InChI=1S/C10H13FN2O/c1-14-10(6-12-7-10)5-9-4-8(11)2-3-13-9/h2-4,12H,5-7H2,1H3. The van der Waals surface area contributed by atoms with Gasteiger partial charge in [0.25, 0.3) is 0 Å². The number of nitrogens with one attached hydrogen (secondary N) is 1. The summed E-state index contributed by atoms with van der Waals surface area (Å²) < 4.78 is 18.3. The van der Waals surface area contributed by atoms with Crippen LogP contribution in [0.1, 0.15) is 5.69 Å². The van der Waals surface area contributed by atoms with Gasteiger partial charge in [-0.25, -0.2) is 4.39 Å². The molecular formula is C10H13FN2O. The Hall–Kier alpha value is -1.00. The molecule has 1 saturated heterocycles. The van der Waals surface area contributed by atoms with E-state index in [9.17, 15) is 4.39 Å². The van der Waals surface area contributed by atoms with E-state index < -0.39 is 0 Å². The lowest BCUT2D eigenvalue weighted by Gasteiger charge is -2.41. The van der Waals surface area contributed by atoms with Crippen LogP contribution in [0.25, 0.3) is 0 Å². The molecule has 0 atom stereocenters. The molecule has 0 amide bonds. The molecule has 0 aromatic carbocycles. The summed E-state index contributed by atoms with van der Waals surface area (Å²) >= 11 is 0. The molecule has 0 bridgehead atoms. The largest absolute Gasteiger partial charge is 0.375 e. The van der Waals surface area contributed by atoms with E-state index in [1.165, 1.54) is 18.3 Å². The van der Waals surface area contributed by atoms with Gasteiger partial charge in [0.2, 0.25) is 0 Å². The first kappa shape index (κ1) is 9.55. The Morgan fingerprint density at radius 2 is 2.43 bits per heavy atom. The van der Waals surface area contributed by atoms with E-state index in [2.05, 4.69) is 10.3 Å². The molecule has 0 spiro atoms. The third-order valence-electron chi connectivity index (χ3n) is 2.61. The lowest BCUT2D eigenvalue weighted by molar-refractivity contribution is -0.0509. The smallest absolute Gasteiger partial charge is 0.126 e. The first-order valence-corrected chi connectivity index (χ1v) is 4.60. The maximum Gasteiger partial charge on any atom is 0.126 e. The number of methoxy groups -OCH3 is 1. The van der Waals surface area contributed by atoms with Crippen molar-refractivity contribution in [3.05, 3.63) is 29.8 Å². The van der Waals surface area contributed by atoms with Crippen molar-refractivity contribution in [3.8, 4) is 0 Å². The quantitative estimate of drug-likeness (QED) is 0.774. The molecule has 0 unspecified atom stereocenters. The van der Waals surface area contributed by atoms with Crippen molar-refractivity contribution in [3.63, 3.8) is 0 Å². The summed E-state index contributed by atoms with van der Waals surface area (Å²) in [6, 6.07) is 2.81. The van der Waals surface area contributed by atoms with Crippen LogP contribution < -0.4 is 5.32 Å². The molecule has 1 fully saturated rings. The highest BCUT2D eigenvalue weighted by molar-refractivity contribution is 5.12. The monoisotopic (exact) mass is 196 g/mol. The normalized spacial score (nSPS) is 19.0. The number of rotatable bonds is 3. The summed E-state index contributed by atoms with van der Waals surface area (Å²) in [4.78, 5) is 4.11. The molecule has 1 aliphatic rings. The van der Waals surface area contributed by atoms with Gasteiger partial charge in [-0.05, 0) is 12.1 Å². The van der Waals surface area contributed by atoms with Gasteiger partial charge in [0.15, 0.2) is 0 Å². The molecule has 0 aliphatic carbocycles. The average Bonchev–Trinajstić information content (AvgIpc) is 2.11. The van der Waals surface area contributed by atoms with Crippen LogP contribution in [0.4, 0.5) is 4.39 Å². The second-order valence-corrected chi connectivity index (χ2v) is 3.63. The third kappa shape index (κ3) is 1.76. The van der Waals surface area contributed by atoms with Crippen LogP contribution in [0.15, 0.2) is 18.3 Å². The molecule has 1 N–H and O–H groups in total. The SMILES string of the molecule is COC1(Cc2cc(F)ccn2)CNC1. The Kier molecular flexibility index (Phi) is 2.48. The third-order valence-corrected chi connectivity index (χ3v) is 2.61. The molecule has 1 aromatic rings. The second-order valence-electron chi connectivity index (χ2n) is 3.63. The van der Waals surface area contributed by atoms with Gasteiger partial charge in [0.1, 0.15) is 5.82 Å². The van der Waals surface area contributed by atoms with Crippen LogP contribution in [0.2, 0.25) is 0 Å². The molecule has 0 radical (unpaired) electrons. The highest BCUT2D eigenvalue weighted by Gasteiger charge is 2.37. The number of pyridine rings is 1. The highest BCUT2D eigenvalue weighted by Crippen LogP contribution is 2.20. The van der Waals surface area contributed by atoms with E-state index in [0.717, 1.165) is 18.8 Å². The van der Waals surface area contributed by atoms with Crippen molar-refractivity contribution >= 4 is 0 Å². The number of nitrogens with zero attached hydrogens (tertiary/aromatic N) is 1. The fraction of sp³-hybridized carbons (Fsp3) is 0.500. The maximum atomic E-state index is 12.9. The van der Waals surface area contributed by atoms with Crippen molar-refractivity contribution in [2.75, 3.05) is 20.2 Å². The van der Waals surface area contributed by atoms with Crippen LogP contribution in [0.3, 0.4) is 0 Å². The van der Waals surface area contributed by atoms with E-state index in [4.69, 9.17) is 4.74 Å². The predicted molar refractivity (Wildman–Crippen MR) is 50.5 cm³/mol. The molecule has 4 heteroatoms. The van der Waals surface area contributed by atoms with Crippen molar-refractivity contribution in [2.24, 2.45) is 0 Å². The van der Waals surface area contributed by atoms with Gasteiger partial charge < -0.3 is 10.1 Å². The first-order valence-electron chi connectivity index (χ1n) is 4.60. The lowest BCUT2D eigenvalue weighted by atomic mass is 9.91. The number of aromatic nitrogens is 1. The van der Waals surface area contributed by atoms with Crippen molar-refractivity contribution in [1.29, 1.82) is 0 Å². The van der Waals surface area contributed by atoms with E-state index in [-0.39, 0.29) is 11.4 Å². The summed E-state index contributed by atoms with van der Waals surface area (Å²) in [6.07, 6.45) is 2.15. The van der Waals surface area contributed by atoms with Gasteiger partial charge >= 0.3 is 0 Å². The Balaban J connectivity index is 2.09. The summed E-state index contributed by atoms with van der Waals surface area (Å²) in [6.45, 7) is 1.61. The Labute approximate surface area is 82.3 Å². The minimum atomic E-state index is -0.242. The van der Waals surface area contributed by atoms with Crippen LogP contribution in [-0.4, -0.2) is 30.8 Å². The lowest BCUT2D eigenvalue weighted by Crippen LogP contribution is -2.62. The Morgan fingerprint density at radius 1 is 1.64 bits per heavy atom. The molecular weight excluding hydrogens is 183 g/mol. The summed E-state index contributed by atoms with van der Waals surface area (Å²) in [7, 11) is 1.68. The van der Waals surface area contributed by atoms with Gasteiger partial charge in [-0.15, -0.1) is 0 Å². The number of hydrogen-bond donors (Lipinski definition) is 1. The fourth-order valence-electron chi connectivity index (χ4n) is 1.62. The average molecular weight is 196 g/mol. The first-order chi connectivity index (χ1) is 6.74. The zero-order valence-electron chi connectivity index (χ0n) is 8.09. The maximum absolute atomic E-state index is 12.9. The fourth-order valence-corrected chi connectivity index (χ4v) is 1.62. The zero-order chi connectivity index (χ0) is 10.0. The summed E-state index contributed by atoms with van der Waals surface area (Å²) in [5.41, 5.74) is 0.564. The van der Waals surface area contributed by atoms with E-state index in [1.54, 1.807) is 7.11 Å². The predicted octanol–water partition coefficient (Wildman–Crippen LogP) is 0.752. The van der Waals surface area contributed by atoms with Crippen LogP contribution >= 0.6 is 0 Å². The van der Waals surface area contributed by atoms with Gasteiger partial charge in [-0.3, -0.25) is 4.98 Å². The van der Waals surface area contributed by atoms with E-state index in [1.807, 2.05) is 0 Å². The molecule has 3 nitrogen and oxygen atoms in total. The molecule has 76 valence electrons. The molecule has 2 heterocycles. The summed E-state index contributed by atoms with van der Waals surface area (Å²) in [5, 5.41) is 3.14. The van der Waals surface area contributed by atoms with E-state index >= 15 is 0 Å². The number of ether oxygens (including phenoxy) is 1.